The van der Waals surface area contributed by atoms with E-state index in [0.717, 1.165) is 5.52 Å². The summed E-state index contributed by atoms with van der Waals surface area (Å²) in [4.78, 5) is 3.01. The molecule has 20 heavy (non-hydrogen) atoms. The van der Waals surface area contributed by atoms with E-state index in [1.807, 2.05) is 0 Å². The molecule has 0 radical (unpaired) electrons. The number of nitrogens with one attached hydrogen (secondary N) is 1. The molecule has 2 aromatic carbocycles. The van der Waals surface area contributed by atoms with Crippen molar-refractivity contribution >= 4 is 39.2 Å². The second kappa shape index (κ2) is 4.85. The van der Waals surface area contributed by atoms with E-state index in [2.05, 4.69) is 27.0 Å². The molecule has 0 atom stereocenters. The largest absolute Gasteiger partial charge is 0.330 e. The number of aromatic nitrogens is 2. The van der Waals surface area contributed by atoms with Crippen LogP contribution in [0.4, 0.5) is 4.39 Å². The minimum absolute atomic E-state index is 0.332. The molecule has 0 aliphatic heterocycles. The van der Waals surface area contributed by atoms with Crippen LogP contribution in [0.2, 0.25) is 0 Å². The van der Waals surface area contributed by atoms with Crippen LogP contribution in [0, 0.1) is 21.9 Å². The molecule has 3 aromatic rings. The Balaban J connectivity index is 2.45. The number of nitrogens with zero attached hydrogens (tertiary/aromatic N) is 2. The van der Waals surface area contributed by atoms with Gasteiger partial charge in [-0.25, -0.2) is 4.39 Å². The molecule has 6 heteroatoms. The number of halogens is 2. The maximum Gasteiger partial charge on any atom is 0.182 e. The van der Waals surface area contributed by atoms with Crippen LogP contribution >= 0.6 is 28.1 Å². The standard InChI is InChI=1S/C14H7BrFN3S/c15-9-2-1-3-10(16)13(9)19-12-6-8(7-17)4-5-11(12)18-14(19)20/h1-6H,(H,18,20). The smallest absolute Gasteiger partial charge is 0.182 e. The lowest BCUT2D eigenvalue weighted by Crippen LogP contribution is -1.99. The highest BCUT2D eigenvalue weighted by Gasteiger charge is 2.14. The topological polar surface area (TPSA) is 44.5 Å². The summed E-state index contributed by atoms with van der Waals surface area (Å²) in [5.74, 6) is -0.390. The number of hydrogen-bond acceptors (Lipinski definition) is 2. The first kappa shape index (κ1) is 13.0. The maximum atomic E-state index is 14.1. The summed E-state index contributed by atoms with van der Waals surface area (Å²) in [5, 5.41) is 9.00. The lowest BCUT2D eigenvalue weighted by molar-refractivity contribution is 0.617. The number of rotatable bonds is 1. The molecule has 0 bridgehead atoms. The zero-order valence-corrected chi connectivity index (χ0v) is 12.4. The van der Waals surface area contributed by atoms with Gasteiger partial charge in [0.25, 0.3) is 0 Å². The highest BCUT2D eigenvalue weighted by atomic mass is 79.9. The fraction of sp³-hybridized carbons (Fsp3) is 0. The number of imidazole rings is 1. The van der Waals surface area contributed by atoms with Crippen molar-refractivity contribution in [2.24, 2.45) is 0 Å². The molecule has 98 valence electrons. The second-order valence-electron chi connectivity index (χ2n) is 4.18. The molecular weight excluding hydrogens is 341 g/mol. The summed E-state index contributed by atoms with van der Waals surface area (Å²) in [5.41, 5.74) is 2.25. The van der Waals surface area contributed by atoms with Crippen molar-refractivity contribution in [3.05, 3.63) is 57.0 Å². The second-order valence-corrected chi connectivity index (χ2v) is 5.42. The summed E-state index contributed by atoms with van der Waals surface area (Å²) < 4.78 is 16.7. The van der Waals surface area contributed by atoms with Crippen molar-refractivity contribution < 1.29 is 4.39 Å². The zero-order valence-electron chi connectivity index (χ0n) is 10.0. The van der Waals surface area contributed by atoms with E-state index in [4.69, 9.17) is 17.5 Å². The molecule has 0 aliphatic carbocycles. The minimum Gasteiger partial charge on any atom is -0.330 e. The van der Waals surface area contributed by atoms with Crippen LogP contribution in [0.15, 0.2) is 40.9 Å². The first-order valence-electron chi connectivity index (χ1n) is 5.71. The number of nitriles is 1. The normalized spacial score (nSPS) is 10.7. The lowest BCUT2D eigenvalue weighted by Gasteiger charge is -2.08. The molecule has 0 spiro atoms. The van der Waals surface area contributed by atoms with Gasteiger partial charge in [-0.1, -0.05) is 6.07 Å². The zero-order chi connectivity index (χ0) is 14.3. The van der Waals surface area contributed by atoms with E-state index >= 15 is 0 Å². The van der Waals surface area contributed by atoms with Gasteiger partial charge in [-0.15, -0.1) is 0 Å². The van der Waals surface area contributed by atoms with Crippen molar-refractivity contribution in [1.82, 2.24) is 9.55 Å². The number of hydrogen-bond donors (Lipinski definition) is 1. The summed E-state index contributed by atoms with van der Waals surface area (Å²) in [7, 11) is 0. The SMILES string of the molecule is N#Cc1ccc2[nH]c(=S)n(-c3c(F)cccc3Br)c2c1. The van der Waals surface area contributed by atoms with E-state index in [0.29, 0.717) is 26.0 Å². The van der Waals surface area contributed by atoms with Gasteiger partial charge in [-0.2, -0.15) is 5.26 Å². The highest BCUT2D eigenvalue weighted by Crippen LogP contribution is 2.28. The monoisotopic (exact) mass is 347 g/mol. The molecule has 1 heterocycles. The van der Waals surface area contributed by atoms with E-state index in [-0.39, 0.29) is 0 Å². The summed E-state index contributed by atoms with van der Waals surface area (Å²) in [6.45, 7) is 0. The average molecular weight is 348 g/mol. The number of H-pyrrole nitrogens is 1. The number of fused-ring (bicyclic) bond motifs is 1. The number of aromatic amines is 1. The van der Waals surface area contributed by atoms with Crippen LogP contribution in [-0.2, 0) is 0 Å². The Morgan fingerprint density at radius 2 is 2.10 bits per heavy atom. The Bertz CT molecular complexity index is 900. The summed E-state index contributed by atoms with van der Waals surface area (Å²) in [6.07, 6.45) is 0. The molecule has 3 rings (SSSR count). The Kier molecular flexibility index (Phi) is 3.16. The van der Waals surface area contributed by atoms with Crippen molar-refractivity contribution in [2.45, 2.75) is 0 Å². The first-order valence-corrected chi connectivity index (χ1v) is 6.91. The van der Waals surface area contributed by atoms with E-state index in [1.54, 1.807) is 34.9 Å². The molecule has 0 unspecified atom stereocenters. The van der Waals surface area contributed by atoms with Gasteiger partial charge < -0.3 is 4.98 Å². The molecule has 3 nitrogen and oxygen atoms in total. The molecule has 1 aromatic heterocycles. The molecule has 0 fully saturated rings. The van der Waals surface area contributed by atoms with Gasteiger partial charge in [0.1, 0.15) is 5.82 Å². The van der Waals surface area contributed by atoms with Crippen LogP contribution in [0.1, 0.15) is 5.56 Å². The number of para-hydroxylation sites is 1. The van der Waals surface area contributed by atoms with Gasteiger partial charge in [-0.3, -0.25) is 4.57 Å². The number of benzene rings is 2. The maximum absolute atomic E-state index is 14.1. The first-order chi connectivity index (χ1) is 9.61. The van der Waals surface area contributed by atoms with Gasteiger partial charge in [0.15, 0.2) is 4.77 Å². The fourth-order valence-electron chi connectivity index (χ4n) is 2.10. The molecule has 0 amide bonds. The van der Waals surface area contributed by atoms with E-state index < -0.39 is 5.82 Å². The van der Waals surface area contributed by atoms with Crippen molar-refractivity contribution in [3.8, 4) is 11.8 Å². The Morgan fingerprint density at radius 1 is 1.30 bits per heavy atom. The quantitative estimate of drug-likeness (QED) is 0.660. The van der Waals surface area contributed by atoms with Gasteiger partial charge >= 0.3 is 0 Å². The molecule has 0 aliphatic rings. The lowest BCUT2D eigenvalue weighted by atomic mass is 10.2. The summed E-state index contributed by atoms with van der Waals surface area (Å²) >= 11 is 8.61. The fourth-order valence-corrected chi connectivity index (χ4v) is 2.92. The van der Waals surface area contributed by atoms with Crippen LogP contribution in [0.3, 0.4) is 0 Å². The van der Waals surface area contributed by atoms with Crippen molar-refractivity contribution in [1.29, 1.82) is 5.26 Å². The average Bonchev–Trinajstić information content (AvgIpc) is 2.74. The van der Waals surface area contributed by atoms with Crippen LogP contribution in [0.5, 0.6) is 0 Å². The van der Waals surface area contributed by atoms with Crippen LogP contribution < -0.4 is 0 Å². The Hall–Kier alpha value is -1.97. The van der Waals surface area contributed by atoms with E-state index in [1.165, 1.54) is 6.07 Å². The molecule has 0 saturated carbocycles. The van der Waals surface area contributed by atoms with Crippen molar-refractivity contribution in [3.63, 3.8) is 0 Å². The third-order valence-electron chi connectivity index (χ3n) is 2.97. The Morgan fingerprint density at radius 3 is 2.80 bits per heavy atom. The van der Waals surface area contributed by atoms with Gasteiger partial charge in [0, 0.05) is 4.47 Å². The predicted molar refractivity (Wildman–Crippen MR) is 80.8 cm³/mol. The third-order valence-corrected chi connectivity index (χ3v) is 3.90. The molecular formula is C14H7BrFN3S. The molecule has 0 saturated heterocycles. The van der Waals surface area contributed by atoms with Gasteiger partial charge in [0.05, 0.1) is 28.4 Å². The molecule has 1 N–H and O–H groups in total. The van der Waals surface area contributed by atoms with Gasteiger partial charge in [-0.05, 0) is 58.5 Å². The third kappa shape index (κ3) is 1.96. The van der Waals surface area contributed by atoms with E-state index in [9.17, 15) is 4.39 Å². The van der Waals surface area contributed by atoms with Crippen LogP contribution in [-0.4, -0.2) is 9.55 Å². The van der Waals surface area contributed by atoms with Gasteiger partial charge in [0.2, 0.25) is 0 Å². The van der Waals surface area contributed by atoms with Crippen LogP contribution in [0.25, 0.3) is 16.7 Å². The Labute approximate surface area is 127 Å². The van der Waals surface area contributed by atoms with Crippen molar-refractivity contribution in [2.75, 3.05) is 0 Å². The highest BCUT2D eigenvalue weighted by molar-refractivity contribution is 9.10. The summed E-state index contributed by atoms with van der Waals surface area (Å²) in [6, 6.07) is 11.9. The predicted octanol–water partition coefficient (Wildman–Crippen LogP) is 4.46. The minimum atomic E-state index is -0.390.